The Labute approximate surface area is 139 Å². The summed E-state index contributed by atoms with van der Waals surface area (Å²) in [5.41, 5.74) is 0. The van der Waals surface area contributed by atoms with Crippen LogP contribution in [0.2, 0.25) is 0 Å². The van der Waals surface area contributed by atoms with Gasteiger partial charge in [0.05, 0.1) is 34.8 Å². The quantitative estimate of drug-likeness (QED) is 0.398. The summed E-state index contributed by atoms with van der Waals surface area (Å²) in [4.78, 5) is 11.5. The zero-order valence-electron chi connectivity index (χ0n) is 12.7. The molecule has 21 heavy (non-hydrogen) atoms. The molecule has 0 aliphatic carbocycles. The lowest BCUT2D eigenvalue weighted by Crippen LogP contribution is -2.53. The van der Waals surface area contributed by atoms with Crippen LogP contribution in [0.3, 0.4) is 0 Å². The number of fused-ring (bicyclic) bond motifs is 2. The molecule has 0 amide bonds. The van der Waals surface area contributed by atoms with Crippen molar-refractivity contribution in [3.8, 4) is 0 Å². The normalized spacial score (nSPS) is 46.0. The second-order valence-electron chi connectivity index (χ2n) is 6.75. The highest BCUT2D eigenvalue weighted by Gasteiger charge is 2.45. The first-order valence-corrected chi connectivity index (χ1v) is 8.91. The summed E-state index contributed by atoms with van der Waals surface area (Å²) in [6.45, 7) is 5.99. The lowest BCUT2D eigenvalue weighted by Gasteiger charge is -2.45. The Morgan fingerprint density at radius 2 is 2.05 bits per heavy atom. The fourth-order valence-corrected chi connectivity index (χ4v) is 4.53. The summed E-state index contributed by atoms with van der Waals surface area (Å²) in [5, 5.41) is 0. The van der Waals surface area contributed by atoms with Gasteiger partial charge in [0.2, 0.25) is 0 Å². The molecule has 5 nitrogen and oxygen atoms in total. The summed E-state index contributed by atoms with van der Waals surface area (Å²) in [7, 11) is 0. The van der Waals surface area contributed by atoms with Gasteiger partial charge >= 0.3 is 5.97 Å². The molecule has 3 rings (SSSR count). The van der Waals surface area contributed by atoms with Crippen LogP contribution in [-0.4, -0.2) is 46.2 Å². The van der Waals surface area contributed by atoms with Gasteiger partial charge in [-0.05, 0) is 27.2 Å². The summed E-state index contributed by atoms with van der Waals surface area (Å²) >= 11 is 2.36. The second-order valence-corrected chi connectivity index (χ2v) is 8.19. The third kappa shape index (κ3) is 3.71. The monoisotopic (exact) mass is 410 g/mol. The Hall–Kier alpha value is 0.0800. The highest BCUT2D eigenvalue weighted by molar-refractivity contribution is 14.1. The lowest BCUT2D eigenvalue weighted by molar-refractivity contribution is -0.301. The molecule has 6 heteroatoms. The van der Waals surface area contributed by atoms with E-state index < -0.39 is 5.79 Å². The molecule has 0 aromatic heterocycles. The van der Waals surface area contributed by atoms with E-state index in [1.54, 1.807) is 0 Å². The molecule has 2 bridgehead atoms. The van der Waals surface area contributed by atoms with E-state index in [1.807, 2.05) is 13.8 Å². The molecule has 0 spiro atoms. The molecule has 0 saturated carbocycles. The van der Waals surface area contributed by atoms with Gasteiger partial charge in [-0.2, -0.15) is 0 Å². The van der Waals surface area contributed by atoms with Crippen LogP contribution < -0.4 is 0 Å². The van der Waals surface area contributed by atoms with Crippen molar-refractivity contribution in [3.05, 3.63) is 0 Å². The molecule has 3 aliphatic heterocycles. The van der Waals surface area contributed by atoms with E-state index in [2.05, 4.69) is 29.5 Å². The topological polar surface area (TPSA) is 54.0 Å². The van der Waals surface area contributed by atoms with Gasteiger partial charge in [-0.1, -0.05) is 22.6 Å². The highest BCUT2D eigenvalue weighted by atomic mass is 127. The average Bonchev–Trinajstić information content (AvgIpc) is 2.32. The van der Waals surface area contributed by atoms with Gasteiger partial charge in [-0.25, -0.2) is 0 Å². The van der Waals surface area contributed by atoms with Gasteiger partial charge in [0, 0.05) is 12.8 Å². The first-order chi connectivity index (χ1) is 9.82. The third-order valence-electron chi connectivity index (χ3n) is 4.28. The SMILES string of the molecule is C[C@@H]1C[C@H](C[C@H]2O[C@@H]3CC(=O)O[C@@H](C3)[C@H]2I)OC(C)(C)O1. The predicted molar refractivity (Wildman–Crippen MR) is 84.3 cm³/mol. The minimum Gasteiger partial charge on any atom is -0.461 e. The Balaban J connectivity index is 1.63. The van der Waals surface area contributed by atoms with Gasteiger partial charge in [-0.3, -0.25) is 4.79 Å². The van der Waals surface area contributed by atoms with Gasteiger partial charge in [0.25, 0.3) is 0 Å². The van der Waals surface area contributed by atoms with E-state index in [-0.39, 0.29) is 40.4 Å². The zero-order valence-corrected chi connectivity index (χ0v) is 14.9. The molecule has 0 radical (unpaired) electrons. The smallest absolute Gasteiger partial charge is 0.308 e. The number of rotatable bonds is 2. The van der Waals surface area contributed by atoms with Crippen LogP contribution in [0.5, 0.6) is 0 Å². The highest BCUT2D eigenvalue weighted by Crippen LogP contribution is 2.37. The molecule has 3 aliphatic rings. The molecular weight excluding hydrogens is 387 g/mol. The third-order valence-corrected chi connectivity index (χ3v) is 5.88. The summed E-state index contributed by atoms with van der Waals surface area (Å²) in [5.74, 6) is -0.673. The first kappa shape index (κ1) is 16.0. The van der Waals surface area contributed by atoms with Crippen molar-refractivity contribution >= 4 is 28.6 Å². The number of carbonyl (C=O) groups is 1. The predicted octanol–water partition coefficient (Wildman–Crippen LogP) is 2.58. The molecule has 3 saturated heterocycles. The van der Waals surface area contributed by atoms with Crippen LogP contribution >= 0.6 is 22.6 Å². The van der Waals surface area contributed by atoms with E-state index >= 15 is 0 Å². The Morgan fingerprint density at radius 1 is 1.29 bits per heavy atom. The van der Waals surface area contributed by atoms with Crippen molar-refractivity contribution in [2.24, 2.45) is 0 Å². The van der Waals surface area contributed by atoms with Crippen LogP contribution in [0.15, 0.2) is 0 Å². The summed E-state index contributed by atoms with van der Waals surface area (Å²) in [6.07, 6.45) is 3.30. The average molecular weight is 410 g/mol. The van der Waals surface area contributed by atoms with Crippen LogP contribution in [0, 0.1) is 0 Å². The summed E-state index contributed by atoms with van der Waals surface area (Å²) < 4.78 is 23.6. The first-order valence-electron chi connectivity index (χ1n) is 7.67. The fraction of sp³-hybridized carbons (Fsp3) is 0.933. The van der Waals surface area contributed by atoms with E-state index in [9.17, 15) is 4.79 Å². The van der Waals surface area contributed by atoms with Crippen LogP contribution in [0.1, 0.15) is 46.5 Å². The number of hydrogen-bond acceptors (Lipinski definition) is 5. The maximum Gasteiger partial charge on any atom is 0.308 e. The van der Waals surface area contributed by atoms with E-state index in [1.165, 1.54) is 0 Å². The maximum absolute atomic E-state index is 11.5. The standard InChI is InChI=1S/C15H23IO5/c1-8-4-10(21-15(2,3)20-8)6-11-14(16)12-5-9(18-11)7-13(17)19-12/h8-12,14H,4-7H2,1-3H3/t8-,9+,10-,11-,12+,14+/m1/s1. The van der Waals surface area contributed by atoms with E-state index in [0.29, 0.717) is 6.42 Å². The molecule has 120 valence electrons. The molecule has 3 fully saturated rings. The van der Waals surface area contributed by atoms with Gasteiger partial charge in [0.1, 0.15) is 6.10 Å². The number of esters is 1. The number of alkyl halides is 1. The van der Waals surface area contributed by atoms with Crippen molar-refractivity contribution in [2.75, 3.05) is 0 Å². The Morgan fingerprint density at radius 3 is 2.76 bits per heavy atom. The van der Waals surface area contributed by atoms with Crippen molar-refractivity contribution in [2.45, 2.75) is 86.7 Å². The minimum absolute atomic E-state index is 0.0116. The fourth-order valence-electron chi connectivity index (χ4n) is 3.62. The lowest BCUT2D eigenvalue weighted by atomic mass is 9.92. The molecule has 0 aromatic rings. The zero-order chi connectivity index (χ0) is 15.2. The minimum atomic E-state index is -0.542. The van der Waals surface area contributed by atoms with Crippen molar-refractivity contribution in [3.63, 3.8) is 0 Å². The van der Waals surface area contributed by atoms with Gasteiger partial charge < -0.3 is 18.9 Å². The number of halogens is 1. The number of hydrogen-bond donors (Lipinski definition) is 0. The van der Waals surface area contributed by atoms with Crippen molar-refractivity contribution in [1.82, 2.24) is 0 Å². The molecule has 3 heterocycles. The molecule has 0 aromatic carbocycles. The summed E-state index contributed by atoms with van der Waals surface area (Å²) in [6, 6.07) is 0. The van der Waals surface area contributed by atoms with Crippen molar-refractivity contribution < 1.29 is 23.7 Å². The molecular formula is C15H23IO5. The van der Waals surface area contributed by atoms with Gasteiger partial charge in [0.15, 0.2) is 5.79 Å². The van der Waals surface area contributed by atoms with E-state index in [0.717, 1.165) is 19.3 Å². The molecule has 0 N–H and O–H groups in total. The van der Waals surface area contributed by atoms with Crippen LogP contribution in [-0.2, 0) is 23.7 Å². The Kier molecular flexibility index (Phi) is 4.51. The Bertz CT molecular complexity index is 413. The van der Waals surface area contributed by atoms with Crippen molar-refractivity contribution in [1.29, 1.82) is 0 Å². The van der Waals surface area contributed by atoms with E-state index in [4.69, 9.17) is 18.9 Å². The largest absolute Gasteiger partial charge is 0.461 e. The van der Waals surface area contributed by atoms with Crippen LogP contribution in [0.25, 0.3) is 0 Å². The molecule has 6 atom stereocenters. The van der Waals surface area contributed by atoms with Gasteiger partial charge in [-0.15, -0.1) is 0 Å². The van der Waals surface area contributed by atoms with Crippen LogP contribution in [0.4, 0.5) is 0 Å². The number of carbonyl (C=O) groups excluding carboxylic acids is 1. The molecule has 0 unspecified atom stereocenters. The second kappa shape index (κ2) is 5.94. The maximum atomic E-state index is 11.5. The number of ether oxygens (including phenoxy) is 4.